The Morgan fingerprint density at radius 1 is 0.400 bits per heavy atom. The minimum absolute atomic E-state index is 0.0638. The molecule has 8 unspecified atom stereocenters. The fraction of sp³-hybridized carbons (Fsp3) is 0.571. The summed E-state index contributed by atoms with van der Waals surface area (Å²) in [7, 11) is 7.30. The fourth-order valence-corrected chi connectivity index (χ4v) is 8.72. The SMILES string of the molecule is COC(=O)C1=C(C(=O)OC)C2C3=C(C1C1C(C(=O)OC)C21)C1C(C(=O)OC)=C(C(=O)OC)C3C2C(C(=O)OC)C12. The van der Waals surface area contributed by atoms with Crippen molar-refractivity contribution < 1.29 is 57.2 Å². The van der Waals surface area contributed by atoms with Gasteiger partial charge in [0.15, 0.2) is 0 Å². The summed E-state index contributed by atoms with van der Waals surface area (Å²) in [5.74, 6) is -10.1. The number of hydrogen-bond donors (Lipinski definition) is 0. The molecule has 2 fully saturated rings. The monoisotopic (exact) mass is 556 g/mol. The molecule has 0 amide bonds. The molecule has 0 aromatic rings. The Balaban J connectivity index is 1.62. The van der Waals surface area contributed by atoms with Gasteiger partial charge < -0.3 is 28.4 Å². The zero-order valence-electron chi connectivity index (χ0n) is 22.7. The Kier molecular flexibility index (Phi) is 5.76. The van der Waals surface area contributed by atoms with Crippen molar-refractivity contribution in [2.45, 2.75) is 0 Å². The lowest BCUT2D eigenvalue weighted by Crippen LogP contribution is -2.49. The predicted molar refractivity (Wildman–Crippen MR) is 128 cm³/mol. The lowest BCUT2D eigenvalue weighted by molar-refractivity contribution is -0.143. The third-order valence-corrected chi connectivity index (χ3v) is 9.87. The van der Waals surface area contributed by atoms with E-state index < -0.39 is 95.0 Å². The highest BCUT2D eigenvalue weighted by Gasteiger charge is 2.79. The van der Waals surface area contributed by atoms with Crippen LogP contribution in [-0.2, 0) is 57.2 Å². The number of esters is 6. The fourth-order valence-electron chi connectivity index (χ4n) is 8.72. The van der Waals surface area contributed by atoms with Crippen molar-refractivity contribution in [2.24, 2.45) is 59.2 Å². The summed E-state index contributed by atoms with van der Waals surface area (Å²) >= 11 is 0. The number of hydrogen-bond acceptors (Lipinski definition) is 12. The second-order valence-corrected chi connectivity index (χ2v) is 10.8. The van der Waals surface area contributed by atoms with Gasteiger partial charge in [-0.2, -0.15) is 0 Å². The molecule has 8 atom stereocenters. The Hall–Kier alpha value is -3.96. The second kappa shape index (κ2) is 8.77. The van der Waals surface area contributed by atoms with Gasteiger partial charge in [-0.3, -0.25) is 9.59 Å². The number of carbonyl (C=O) groups is 6. The number of carbonyl (C=O) groups excluding carboxylic acids is 6. The number of ether oxygens (including phenoxy) is 6. The van der Waals surface area contributed by atoms with E-state index in [4.69, 9.17) is 28.4 Å². The smallest absolute Gasteiger partial charge is 0.334 e. The standard InChI is InChI=1S/C28H28O12/c1-35-23(29)17-13-9-7-8(10(14(13)17)20(26(32)38-4)19(9)25(31)37-3)12-16-15(18(16)24(30)36-2)11(7)21(27(33)39-5)22(12)28(34)40-6/h9-18H,1-6H3. The molecule has 12 nitrogen and oxygen atoms in total. The van der Waals surface area contributed by atoms with Crippen LogP contribution in [0.1, 0.15) is 0 Å². The highest BCUT2D eigenvalue weighted by molar-refractivity contribution is 6.08. The number of rotatable bonds is 6. The van der Waals surface area contributed by atoms with E-state index >= 15 is 0 Å². The average Bonchev–Trinajstić information content (AvgIpc) is 3.91. The highest BCUT2D eigenvalue weighted by atomic mass is 16.5. The number of allylic oxidation sites excluding steroid dienone is 2. The van der Waals surface area contributed by atoms with Gasteiger partial charge in [-0.15, -0.1) is 0 Å². The topological polar surface area (TPSA) is 158 Å². The third-order valence-electron chi connectivity index (χ3n) is 9.87. The highest BCUT2D eigenvalue weighted by Crippen LogP contribution is 2.79. The molecular weight excluding hydrogens is 528 g/mol. The molecule has 8 aliphatic carbocycles. The van der Waals surface area contributed by atoms with Gasteiger partial charge in [0.1, 0.15) is 0 Å². The first-order valence-corrected chi connectivity index (χ1v) is 12.9. The van der Waals surface area contributed by atoms with Crippen LogP contribution in [0.5, 0.6) is 0 Å². The summed E-state index contributed by atoms with van der Waals surface area (Å²) in [4.78, 5) is 79.0. The molecule has 0 aliphatic heterocycles. The summed E-state index contributed by atoms with van der Waals surface area (Å²) < 4.78 is 30.6. The zero-order chi connectivity index (χ0) is 28.9. The molecular formula is C28H28O12. The Morgan fingerprint density at radius 3 is 0.800 bits per heavy atom. The lowest BCUT2D eigenvalue weighted by atomic mass is 9.50. The molecule has 0 heterocycles. The zero-order valence-corrected chi connectivity index (χ0v) is 22.7. The summed E-state index contributed by atoms with van der Waals surface area (Å²) in [6.07, 6.45) is 0. The van der Waals surface area contributed by atoms with E-state index in [1.54, 1.807) is 0 Å². The van der Waals surface area contributed by atoms with Crippen molar-refractivity contribution in [2.75, 3.05) is 42.7 Å². The molecule has 0 saturated heterocycles. The Labute approximate surface area is 228 Å². The first kappa shape index (κ1) is 26.3. The molecule has 12 heteroatoms. The maximum absolute atomic E-state index is 13.3. The van der Waals surface area contributed by atoms with Crippen LogP contribution < -0.4 is 0 Å². The van der Waals surface area contributed by atoms with Crippen molar-refractivity contribution in [1.29, 1.82) is 0 Å². The molecule has 0 radical (unpaired) electrons. The maximum Gasteiger partial charge on any atom is 0.334 e. The first-order valence-electron chi connectivity index (χ1n) is 12.9. The minimum Gasteiger partial charge on any atom is -0.469 e. The van der Waals surface area contributed by atoms with Crippen molar-refractivity contribution >= 4 is 35.8 Å². The van der Waals surface area contributed by atoms with Gasteiger partial charge in [0.25, 0.3) is 0 Å². The van der Waals surface area contributed by atoms with Gasteiger partial charge in [0.05, 0.1) is 76.8 Å². The molecule has 0 aromatic carbocycles. The van der Waals surface area contributed by atoms with E-state index in [0.717, 1.165) is 0 Å². The minimum atomic E-state index is -0.804. The Bertz CT molecular complexity index is 1210. The second-order valence-electron chi connectivity index (χ2n) is 10.8. The van der Waals surface area contributed by atoms with Gasteiger partial charge in [-0.25, -0.2) is 19.2 Å². The van der Waals surface area contributed by atoms with Gasteiger partial charge in [-0.1, -0.05) is 11.1 Å². The van der Waals surface area contributed by atoms with E-state index in [2.05, 4.69) is 0 Å². The van der Waals surface area contributed by atoms with Crippen LogP contribution in [0.2, 0.25) is 0 Å². The molecule has 0 N–H and O–H groups in total. The van der Waals surface area contributed by atoms with Gasteiger partial charge in [0.2, 0.25) is 0 Å². The van der Waals surface area contributed by atoms with Crippen LogP contribution in [0.4, 0.5) is 0 Å². The van der Waals surface area contributed by atoms with Crippen LogP contribution in [-0.4, -0.2) is 78.5 Å². The van der Waals surface area contributed by atoms with E-state index in [1.807, 2.05) is 0 Å². The molecule has 2 saturated carbocycles. The van der Waals surface area contributed by atoms with Gasteiger partial charge in [0, 0.05) is 23.7 Å². The quantitative estimate of drug-likeness (QED) is 0.248. The van der Waals surface area contributed by atoms with E-state index in [9.17, 15) is 28.8 Å². The van der Waals surface area contributed by atoms with Crippen molar-refractivity contribution in [3.63, 3.8) is 0 Å². The predicted octanol–water partition coefficient (Wildman–Crippen LogP) is 0.158. The van der Waals surface area contributed by atoms with Crippen LogP contribution in [0, 0.1) is 59.2 Å². The molecule has 0 spiro atoms. The van der Waals surface area contributed by atoms with Crippen LogP contribution in [0.3, 0.4) is 0 Å². The summed E-state index contributed by atoms with van der Waals surface area (Å²) in [6, 6.07) is 0. The normalized spacial score (nSPS) is 37.0. The van der Waals surface area contributed by atoms with E-state index in [-0.39, 0.29) is 22.3 Å². The van der Waals surface area contributed by atoms with Crippen molar-refractivity contribution in [1.82, 2.24) is 0 Å². The average molecular weight is 557 g/mol. The number of methoxy groups -OCH3 is 6. The van der Waals surface area contributed by atoms with Gasteiger partial charge in [-0.05, 0) is 23.7 Å². The molecule has 212 valence electrons. The van der Waals surface area contributed by atoms with E-state index in [0.29, 0.717) is 11.1 Å². The van der Waals surface area contributed by atoms with E-state index in [1.165, 1.54) is 42.7 Å². The van der Waals surface area contributed by atoms with Crippen LogP contribution in [0.25, 0.3) is 0 Å². The summed E-state index contributed by atoms with van der Waals surface area (Å²) in [5, 5.41) is 0. The summed E-state index contributed by atoms with van der Waals surface area (Å²) in [5.41, 5.74) is 1.55. The third kappa shape index (κ3) is 2.96. The molecule has 40 heavy (non-hydrogen) atoms. The largest absolute Gasteiger partial charge is 0.469 e. The van der Waals surface area contributed by atoms with Crippen molar-refractivity contribution in [3.05, 3.63) is 33.4 Å². The molecule has 4 bridgehead atoms. The summed E-state index contributed by atoms with van der Waals surface area (Å²) in [6.45, 7) is 0. The van der Waals surface area contributed by atoms with Crippen molar-refractivity contribution in [3.8, 4) is 0 Å². The molecule has 8 aliphatic rings. The molecule has 8 rings (SSSR count). The maximum atomic E-state index is 13.3. The Morgan fingerprint density at radius 2 is 0.625 bits per heavy atom. The van der Waals surface area contributed by atoms with Crippen LogP contribution >= 0.6 is 0 Å². The first-order chi connectivity index (χ1) is 19.2. The molecule has 0 aromatic heterocycles. The van der Waals surface area contributed by atoms with Crippen LogP contribution in [0.15, 0.2) is 33.4 Å². The van der Waals surface area contributed by atoms with Gasteiger partial charge >= 0.3 is 35.8 Å². The lowest BCUT2D eigenvalue weighted by Gasteiger charge is -2.51.